The third-order valence-electron chi connectivity index (χ3n) is 4.23. The molecule has 164 valence electrons. The van der Waals surface area contributed by atoms with Gasteiger partial charge in [-0.25, -0.2) is 18.6 Å². The summed E-state index contributed by atoms with van der Waals surface area (Å²) in [5.41, 5.74) is 4.04. The van der Waals surface area contributed by atoms with E-state index in [9.17, 15) is 18.0 Å². The summed E-state index contributed by atoms with van der Waals surface area (Å²) in [6.45, 7) is 0. The van der Waals surface area contributed by atoms with Crippen molar-refractivity contribution >= 4 is 45.4 Å². The van der Waals surface area contributed by atoms with Crippen LogP contribution >= 0.6 is 11.6 Å². The van der Waals surface area contributed by atoms with E-state index in [1.165, 1.54) is 61.9 Å². The highest BCUT2D eigenvalue weighted by Crippen LogP contribution is 2.18. The highest BCUT2D eigenvalue weighted by atomic mass is 35.5. The number of nitrogens with zero attached hydrogens (tertiary/aromatic N) is 1. The SMILES string of the molecule is COC(=O)c1ccc(/C=N\NC(=O)c2ccc(NS(=O)(=O)c3ccc(Cl)cc3)cc2)cc1. The standard InChI is InChI=1S/C22H18ClN3O5S/c1-31-22(28)17-4-2-15(3-5-17)14-24-25-21(27)16-6-10-19(11-7-16)26-32(29,30)20-12-8-18(23)9-13-20/h2-14,26H,1H3,(H,25,27)/b24-14-. The van der Waals surface area contributed by atoms with Crippen molar-refractivity contribution in [1.29, 1.82) is 0 Å². The van der Waals surface area contributed by atoms with Crippen LogP contribution in [0.25, 0.3) is 0 Å². The van der Waals surface area contributed by atoms with Gasteiger partial charge in [-0.05, 0) is 66.2 Å². The molecule has 1 amide bonds. The van der Waals surface area contributed by atoms with Crippen LogP contribution in [0.2, 0.25) is 5.02 Å². The number of sulfonamides is 1. The van der Waals surface area contributed by atoms with E-state index in [-0.39, 0.29) is 10.5 Å². The van der Waals surface area contributed by atoms with E-state index in [0.29, 0.717) is 21.8 Å². The van der Waals surface area contributed by atoms with Crippen LogP contribution < -0.4 is 10.1 Å². The Hall–Kier alpha value is -3.69. The van der Waals surface area contributed by atoms with Gasteiger partial charge in [0.05, 0.1) is 23.8 Å². The minimum absolute atomic E-state index is 0.0673. The number of amides is 1. The fourth-order valence-electron chi connectivity index (χ4n) is 2.57. The quantitative estimate of drug-likeness (QED) is 0.310. The van der Waals surface area contributed by atoms with Gasteiger partial charge in [0.2, 0.25) is 0 Å². The van der Waals surface area contributed by atoms with Gasteiger partial charge in [-0.3, -0.25) is 9.52 Å². The highest BCUT2D eigenvalue weighted by molar-refractivity contribution is 7.92. The lowest BCUT2D eigenvalue weighted by Crippen LogP contribution is -2.18. The molecule has 0 aliphatic rings. The number of carbonyl (C=O) groups excluding carboxylic acids is 2. The molecule has 0 heterocycles. The van der Waals surface area contributed by atoms with E-state index in [0.717, 1.165) is 0 Å². The van der Waals surface area contributed by atoms with Crippen molar-refractivity contribution in [1.82, 2.24) is 5.43 Å². The Bertz CT molecular complexity index is 1240. The normalized spacial score (nSPS) is 11.2. The lowest BCUT2D eigenvalue weighted by molar-refractivity contribution is 0.0600. The third-order valence-corrected chi connectivity index (χ3v) is 5.88. The van der Waals surface area contributed by atoms with Gasteiger partial charge in [0, 0.05) is 16.3 Å². The van der Waals surface area contributed by atoms with Gasteiger partial charge in [0.25, 0.3) is 15.9 Å². The van der Waals surface area contributed by atoms with Gasteiger partial charge in [0.1, 0.15) is 0 Å². The van der Waals surface area contributed by atoms with E-state index >= 15 is 0 Å². The van der Waals surface area contributed by atoms with Crippen molar-refractivity contribution in [3.8, 4) is 0 Å². The number of carbonyl (C=O) groups is 2. The summed E-state index contributed by atoms with van der Waals surface area (Å²) in [5, 5.41) is 4.31. The summed E-state index contributed by atoms with van der Waals surface area (Å²) < 4.78 is 31.9. The molecule has 0 radical (unpaired) electrons. The number of methoxy groups -OCH3 is 1. The molecule has 0 saturated carbocycles. The number of nitrogens with one attached hydrogen (secondary N) is 2. The van der Waals surface area contributed by atoms with Gasteiger partial charge in [0.15, 0.2) is 0 Å². The van der Waals surface area contributed by atoms with Crippen LogP contribution in [0.5, 0.6) is 0 Å². The fraction of sp³-hybridized carbons (Fsp3) is 0.0455. The molecule has 32 heavy (non-hydrogen) atoms. The second-order valence-electron chi connectivity index (χ2n) is 6.45. The summed E-state index contributed by atoms with van der Waals surface area (Å²) >= 11 is 5.78. The zero-order chi connectivity index (χ0) is 23.1. The van der Waals surface area contributed by atoms with Crippen LogP contribution in [-0.4, -0.2) is 33.6 Å². The summed E-state index contributed by atoms with van der Waals surface area (Å²) in [6, 6.07) is 18.1. The molecule has 3 aromatic carbocycles. The number of hydrogen-bond acceptors (Lipinski definition) is 6. The molecule has 3 rings (SSSR count). The molecule has 0 aliphatic heterocycles. The first-order chi connectivity index (χ1) is 15.3. The van der Waals surface area contributed by atoms with E-state index in [1.807, 2.05) is 0 Å². The predicted octanol–water partition coefficient (Wildman–Crippen LogP) is 3.69. The molecule has 0 atom stereocenters. The fourth-order valence-corrected chi connectivity index (χ4v) is 3.76. The van der Waals surface area contributed by atoms with Crippen molar-refractivity contribution in [2.24, 2.45) is 5.10 Å². The maximum absolute atomic E-state index is 12.4. The minimum atomic E-state index is -3.78. The van der Waals surface area contributed by atoms with E-state index in [1.54, 1.807) is 24.3 Å². The molecular weight excluding hydrogens is 454 g/mol. The molecule has 10 heteroatoms. The zero-order valence-electron chi connectivity index (χ0n) is 16.8. The van der Waals surface area contributed by atoms with Crippen molar-refractivity contribution < 1.29 is 22.7 Å². The second-order valence-corrected chi connectivity index (χ2v) is 8.57. The first-order valence-electron chi connectivity index (χ1n) is 9.19. The maximum atomic E-state index is 12.4. The van der Waals surface area contributed by atoms with Crippen LogP contribution in [0.1, 0.15) is 26.3 Å². The van der Waals surface area contributed by atoms with Crippen molar-refractivity contribution in [3.05, 3.63) is 94.5 Å². The van der Waals surface area contributed by atoms with E-state index < -0.39 is 21.9 Å². The monoisotopic (exact) mass is 471 g/mol. The Morgan fingerprint density at radius 3 is 2.09 bits per heavy atom. The molecule has 0 fully saturated rings. The largest absolute Gasteiger partial charge is 0.465 e. The van der Waals surface area contributed by atoms with Crippen molar-refractivity contribution in [3.63, 3.8) is 0 Å². The van der Waals surface area contributed by atoms with Gasteiger partial charge in [-0.2, -0.15) is 5.10 Å². The Morgan fingerprint density at radius 2 is 1.50 bits per heavy atom. The summed E-state index contributed by atoms with van der Waals surface area (Å²) in [6.07, 6.45) is 1.42. The lowest BCUT2D eigenvalue weighted by atomic mass is 10.1. The molecule has 0 spiro atoms. The van der Waals surface area contributed by atoms with Crippen LogP contribution in [0.15, 0.2) is 82.8 Å². The first-order valence-corrected chi connectivity index (χ1v) is 11.0. The molecule has 0 saturated heterocycles. The summed E-state index contributed by atoms with van der Waals surface area (Å²) in [7, 11) is -2.48. The van der Waals surface area contributed by atoms with Gasteiger partial charge in [-0.1, -0.05) is 23.7 Å². The number of hydrazone groups is 1. The molecule has 8 nitrogen and oxygen atoms in total. The number of esters is 1. The summed E-state index contributed by atoms with van der Waals surface area (Å²) in [4.78, 5) is 23.7. The van der Waals surface area contributed by atoms with Crippen LogP contribution in [0.3, 0.4) is 0 Å². The zero-order valence-corrected chi connectivity index (χ0v) is 18.4. The van der Waals surface area contributed by atoms with Crippen molar-refractivity contribution in [2.45, 2.75) is 4.90 Å². The number of hydrogen-bond donors (Lipinski definition) is 2. The minimum Gasteiger partial charge on any atom is -0.465 e. The number of halogens is 1. The van der Waals surface area contributed by atoms with Gasteiger partial charge >= 0.3 is 5.97 Å². The van der Waals surface area contributed by atoms with Gasteiger partial charge in [-0.15, -0.1) is 0 Å². The number of ether oxygens (including phenoxy) is 1. The lowest BCUT2D eigenvalue weighted by Gasteiger charge is -2.08. The highest BCUT2D eigenvalue weighted by Gasteiger charge is 2.14. The summed E-state index contributed by atoms with van der Waals surface area (Å²) in [5.74, 6) is -0.916. The molecule has 2 N–H and O–H groups in total. The Morgan fingerprint density at radius 1 is 0.906 bits per heavy atom. The maximum Gasteiger partial charge on any atom is 0.337 e. The predicted molar refractivity (Wildman–Crippen MR) is 122 cm³/mol. The average molecular weight is 472 g/mol. The molecule has 3 aromatic rings. The van der Waals surface area contributed by atoms with E-state index in [4.69, 9.17) is 11.6 Å². The van der Waals surface area contributed by atoms with Gasteiger partial charge < -0.3 is 4.74 Å². The smallest absolute Gasteiger partial charge is 0.337 e. The molecule has 0 bridgehead atoms. The number of rotatable bonds is 7. The molecule has 0 aromatic heterocycles. The first kappa shape index (κ1) is 23.0. The Kier molecular flexibility index (Phi) is 7.24. The van der Waals surface area contributed by atoms with Crippen LogP contribution in [0, 0.1) is 0 Å². The third kappa shape index (κ3) is 5.93. The topological polar surface area (TPSA) is 114 Å². The molecule has 0 unspecified atom stereocenters. The van der Waals surface area contributed by atoms with E-state index in [2.05, 4.69) is 20.0 Å². The second kappa shape index (κ2) is 10.1. The van der Waals surface area contributed by atoms with Crippen molar-refractivity contribution in [2.75, 3.05) is 11.8 Å². The molecule has 0 aliphatic carbocycles. The number of benzene rings is 3. The van der Waals surface area contributed by atoms with Crippen LogP contribution in [0.4, 0.5) is 5.69 Å². The average Bonchev–Trinajstić information content (AvgIpc) is 2.79. The Labute approximate surface area is 189 Å². The van der Waals surface area contributed by atoms with Crippen LogP contribution in [-0.2, 0) is 14.8 Å². The number of anilines is 1. The molecular formula is C22H18ClN3O5S. The Balaban J connectivity index is 1.59.